The van der Waals surface area contributed by atoms with Crippen molar-refractivity contribution < 1.29 is 18.3 Å². The number of allylic oxidation sites excluding steroid dienone is 1. The molecule has 0 bridgehead atoms. The van der Waals surface area contributed by atoms with Crippen molar-refractivity contribution in [2.24, 2.45) is 0 Å². The van der Waals surface area contributed by atoms with Crippen LogP contribution in [0.15, 0.2) is 42.1 Å². The number of nitrogens with one attached hydrogen (secondary N) is 1. The second kappa shape index (κ2) is 8.61. The summed E-state index contributed by atoms with van der Waals surface area (Å²) in [5.74, 6) is 0.534. The summed E-state index contributed by atoms with van der Waals surface area (Å²) in [5, 5.41) is 11.0. The molecule has 1 atom stereocenters. The third-order valence-electron chi connectivity index (χ3n) is 3.21. The largest absolute Gasteiger partial charge is 0.435 e. The van der Waals surface area contributed by atoms with Gasteiger partial charge in [-0.25, -0.2) is 0 Å². The van der Waals surface area contributed by atoms with E-state index in [2.05, 4.69) is 26.8 Å². The van der Waals surface area contributed by atoms with E-state index in [0.29, 0.717) is 17.4 Å². The van der Waals surface area contributed by atoms with E-state index in [4.69, 9.17) is 0 Å². The lowest BCUT2D eigenvalue weighted by Crippen LogP contribution is -2.23. The van der Waals surface area contributed by atoms with Crippen molar-refractivity contribution in [2.45, 2.75) is 37.4 Å². The maximum Gasteiger partial charge on any atom is 0.387 e. The fourth-order valence-corrected chi connectivity index (χ4v) is 2.87. The first-order valence-electron chi connectivity index (χ1n) is 7.43. The third-order valence-corrected chi connectivity index (χ3v) is 4.29. The van der Waals surface area contributed by atoms with Gasteiger partial charge in [-0.15, -0.1) is 16.8 Å². The zero-order valence-electron chi connectivity index (χ0n) is 13.8. The molecule has 0 fully saturated rings. The van der Waals surface area contributed by atoms with Gasteiger partial charge >= 0.3 is 6.61 Å². The number of amides is 1. The van der Waals surface area contributed by atoms with Crippen LogP contribution in [0.2, 0.25) is 0 Å². The highest BCUT2D eigenvalue weighted by Gasteiger charge is 2.19. The molecule has 1 amide bonds. The zero-order chi connectivity index (χ0) is 18.4. The molecule has 1 heterocycles. The summed E-state index contributed by atoms with van der Waals surface area (Å²) in [6, 6.07) is 5.72. The lowest BCUT2D eigenvalue weighted by atomic mass is 10.3. The lowest BCUT2D eigenvalue weighted by Gasteiger charge is -2.13. The third kappa shape index (κ3) is 5.28. The zero-order valence-corrected chi connectivity index (χ0v) is 14.6. The molecule has 1 aromatic carbocycles. The summed E-state index contributed by atoms with van der Waals surface area (Å²) in [6.45, 7) is 4.94. The smallest absolute Gasteiger partial charge is 0.387 e. The van der Waals surface area contributed by atoms with Gasteiger partial charge in [-0.2, -0.15) is 8.78 Å². The molecule has 0 aliphatic rings. The van der Waals surface area contributed by atoms with Crippen molar-refractivity contribution in [3.05, 3.63) is 42.7 Å². The number of hydrogen-bond donors (Lipinski definition) is 1. The van der Waals surface area contributed by atoms with Crippen LogP contribution in [0.3, 0.4) is 0 Å². The molecular formula is C16H18F2N4O2S. The molecule has 2 rings (SSSR count). The first-order valence-corrected chi connectivity index (χ1v) is 8.31. The van der Waals surface area contributed by atoms with E-state index in [-0.39, 0.29) is 11.7 Å². The van der Waals surface area contributed by atoms with Crippen LogP contribution < -0.4 is 10.1 Å². The standard InChI is InChI=1S/C16H18F2N4O2S/c1-4-9-22-11(3)20-21-16(22)25-10(2)14(23)19-12-5-7-13(8-6-12)24-15(17)18/h4-8,10,15H,1,9H2,2-3H3,(H,19,23). The van der Waals surface area contributed by atoms with Crippen LogP contribution in [-0.2, 0) is 11.3 Å². The molecule has 0 radical (unpaired) electrons. The Labute approximate surface area is 148 Å². The van der Waals surface area contributed by atoms with Gasteiger partial charge in [0.2, 0.25) is 5.91 Å². The minimum atomic E-state index is -2.88. The minimum absolute atomic E-state index is 0.0309. The summed E-state index contributed by atoms with van der Waals surface area (Å²) >= 11 is 1.28. The predicted molar refractivity (Wildman–Crippen MR) is 92.0 cm³/mol. The van der Waals surface area contributed by atoms with Gasteiger partial charge in [-0.05, 0) is 38.1 Å². The molecule has 0 saturated carbocycles. The lowest BCUT2D eigenvalue weighted by molar-refractivity contribution is -0.115. The van der Waals surface area contributed by atoms with Crippen molar-refractivity contribution in [1.82, 2.24) is 14.8 Å². The normalized spacial score (nSPS) is 12.0. The average Bonchev–Trinajstić information content (AvgIpc) is 2.90. The number of alkyl halides is 2. The van der Waals surface area contributed by atoms with Crippen molar-refractivity contribution in [1.29, 1.82) is 0 Å². The van der Waals surface area contributed by atoms with E-state index in [1.54, 1.807) is 13.0 Å². The first-order chi connectivity index (χ1) is 11.9. The number of aryl methyl sites for hydroxylation is 1. The summed E-state index contributed by atoms with van der Waals surface area (Å²) in [5.41, 5.74) is 0.489. The summed E-state index contributed by atoms with van der Waals surface area (Å²) in [4.78, 5) is 12.3. The molecule has 0 spiro atoms. The Hall–Kier alpha value is -2.42. The van der Waals surface area contributed by atoms with Crippen molar-refractivity contribution in [3.63, 3.8) is 0 Å². The molecule has 9 heteroatoms. The van der Waals surface area contributed by atoms with Gasteiger partial charge in [0.15, 0.2) is 5.16 Å². The number of thioether (sulfide) groups is 1. The SMILES string of the molecule is C=CCn1c(C)nnc1SC(C)C(=O)Nc1ccc(OC(F)F)cc1. The van der Waals surface area contributed by atoms with E-state index < -0.39 is 11.9 Å². The Kier molecular flexibility index (Phi) is 6.51. The number of anilines is 1. The van der Waals surface area contributed by atoms with Crippen LogP contribution in [0.1, 0.15) is 12.7 Å². The number of benzene rings is 1. The Morgan fingerprint density at radius 1 is 1.40 bits per heavy atom. The van der Waals surface area contributed by atoms with Crippen molar-refractivity contribution in [2.75, 3.05) is 5.32 Å². The topological polar surface area (TPSA) is 69.0 Å². The monoisotopic (exact) mass is 368 g/mol. The summed E-state index contributed by atoms with van der Waals surface area (Å²) in [6.07, 6.45) is 1.73. The summed E-state index contributed by atoms with van der Waals surface area (Å²) in [7, 11) is 0. The fourth-order valence-electron chi connectivity index (χ4n) is 1.96. The molecular weight excluding hydrogens is 350 g/mol. The van der Waals surface area contributed by atoms with Crippen LogP contribution in [0.4, 0.5) is 14.5 Å². The van der Waals surface area contributed by atoms with Crippen molar-refractivity contribution in [3.8, 4) is 5.75 Å². The average molecular weight is 368 g/mol. The number of aromatic nitrogens is 3. The van der Waals surface area contributed by atoms with Gasteiger partial charge in [0.25, 0.3) is 0 Å². The number of ether oxygens (including phenoxy) is 1. The molecule has 0 aliphatic carbocycles. The molecule has 134 valence electrons. The highest BCUT2D eigenvalue weighted by molar-refractivity contribution is 8.00. The number of hydrogen-bond acceptors (Lipinski definition) is 5. The van der Waals surface area contributed by atoms with E-state index in [1.807, 2.05) is 11.5 Å². The Bertz CT molecular complexity index is 734. The number of rotatable bonds is 8. The van der Waals surface area contributed by atoms with E-state index in [9.17, 15) is 13.6 Å². The molecule has 1 unspecified atom stereocenters. The maximum absolute atomic E-state index is 12.3. The highest BCUT2D eigenvalue weighted by Crippen LogP contribution is 2.24. The van der Waals surface area contributed by atoms with Crippen LogP contribution in [-0.4, -0.2) is 32.5 Å². The quantitative estimate of drug-likeness (QED) is 0.571. The van der Waals surface area contributed by atoms with Gasteiger partial charge in [0.1, 0.15) is 11.6 Å². The van der Waals surface area contributed by atoms with Gasteiger partial charge in [-0.3, -0.25) is 4.79 Å². The van der Waals surface area contributed by atoms with Gasteiger partial charge in [0, 0.05) is 12.2 Å². The summed E-state index contributed by atoms with van der Waals surface area (Å²) < 4.78 is 30.4. The minimum Gasteiger partial charge on any atom is -0.435 e. The Balaban J connectivity index is 1.97. The molecule has 1 N–H and O–H groups in total. The number of halogens is 2. The molecule has 0 aliphatic heterocycles. The van der Waals surface area contributed by atoms with Crippen LogP contribution >= 0.6 is 11.8 Å². The molecule has 0 saturated heterocycles. The number of nitrogens with zero attached hydrogens (tertiary/aromatic N) is 3. The van der Waals surface area contributed by atoms with E-state index >= 15 is 0 Å². The van der Waals surface area contributed by atoms with Gasteiger partial charge < -0.3 is 14.6 Å². The first kappa shape index (κ1) is 18.9. The molecule has 6 nitrogen and oxygen atoms in total. The molecule has 25 heavy (non-hydrogen) atoms. The number of carbonyl (C=O) groups is 1. The van der Waals surface area contributed by atoms with E-state index in [0.717, 1.165) is 5.82 Å². The second-order valence-corrected chi connectivity index (χ2v) is 6.39. The highest BCUT2D eigenvalue weighted by atomic mass is 32.2. The van der Waals surface area contributed by atoms with Crippen LogP contribution in [0.5, 0.6) is 5.75 Å². The van der Waals surface area contributed by atoms with Gasteiger partial charge in [-0.1, -0.05) is 17.8 Å². The molecule has 1 aromatic heterocycles. The van der Waals surface area contributed by atoms with Crippen LogP contribution in [0.25, 0.3) is 0 Å². The van der Waals surface area contributed by atoms with Crippen LogP contribution in [0, 0.1) is 6.92 Å². The van der Waals surface area contributed by atoms with Crippen molar-refractivity contribution >= 4 is 23.4 Å². The Morgan fingerprint density at radius 2 is 2.08 bits per heavy atom. The molecule has 2 aromatic rings. The van der Waals surface area contributed by atoms with E-state index in [1.165, 1.54) is 36.0 Å². The predicted octanol–water partition coefficient (Wildman–Crippen LogP) is 3.49. The van der Waals surface area contributed by atoms with Gasteiger partial charge in [0.05, 0.1) is 5.25 Å². The fraction of sp³-hybridized carbons (Fsp3) is 0.312. The number of carbonyl (C=O) groups excluding carboxylic acids is 1. The Morgan fingerprint density at radius 3 is 2.68 bits per heavy atom. The second-order valence-electron chi connectivity index (χ2n) is 5.08. The maximum atomic E-state index is 12.3.